The quantitative estimate of drug-likeness (QED) is 0.336. The summed E-state index contributed by atoms with van der Waals surface area (Å²) in [5, 5.41) is 21.1. The van der Waals surface area contributed by atoms with E-state index < -0.39 is 17.8 Å². The van der Waals surface area contributed by atoms with Crippen LogP contribution >= 0.6 is 0 Å². The SMILES string of the molecule is O=C(Nc1cccc(C(F)(F)F)c1)Nc1ccc(NC(=O)c2ccccc2)cc1-c1nnn[nH]1. The highest BCUT2D eigenvalue weighted by Gasteiger charge is 2.30. The number of aromatic amines is 1. The highest BCUT2D eigenvalue weighted by atomic mass is 19.4. The predicted molar refractivity (Wildman–Crippen MR) is 118 cm³/mol. The first-order chi connectivity index (χ1) is 16.3. The lowest BCUT2D eigenvalue weighted by atomic mass is 10.1. The Balaban J connectivity index is 1.54. The molecule has 34 heavy (non-hydrogen) atoms. The number of nitrogens with one attached hydrogen (secondary N) is 4. The Morgan fingerprint density at radius 3 is 2.29 bits per heavy atom. The van der Waals surface area contributed by atoms with Crippen LogP contribution in [0.15, 0.2) is 72.8 Å². The van der Waals surface area contributed by atoms with Gasteiger partial charge in [0.05, 0.1) is 11.3 Å². The van der Waals surface area contributed by atoms with Gasteiger partial charge in [-0.3, -0.25) is 4.79 Å². The number of rotatable bonds is 5. The monoisotopic (exact) mass is 467 g/mol. The first-order valence-electron chi connectivity index (χ1n) is 9.79. The minimum atomic E-state index is -4.54. The van der Waals surface area contributed by atoms with Crippen LogP contribution in [0.2, 0.25) is 0 Å². The molecule has 1 heterocycles. The molecule has 0 saturated carbocycles. The molecule has 0 atom stereocenters. The van der Waals surface area contributed by atoms with E-state index in [0.29, 0.717) is 16.8 Å². The molecule has 4 N–H and O–H groups in total. The van der Waals surface area contributed by atoms with Crippen LogP contribution in [0, 0.1) is 0 Å². The van der Waals surface area contributed by atoms with Gasteiger partial charge in [-0.05, 0) is 59.0 Å². The number of hydrogen-bond acceptors (Lipinski definition) is 5. The molecule has 12 heteroatoms. The van der Waals surface area contributed by atoms with Crippen molar-refractivity contribution < 1.29 is 22.8 Å². The standard InChI is InChI=1S/C22H16F3N7O2/c23-22(24,25)14-7-4-8-15(11-14)27-21(34)28-18-10-9-16(12-17(18)19-29-31-32-30-19)26-20(33)13-5-2-1-3-6-13/h1-12H,(H,26,33)(H2,27,28,34)(H,29,30,31,32). The van der Waals surface area contributed by atoms with Crippen LogP contribution in [0.1, 0.15) is 15.9 Å². The average molecular weight is 467 g/mol. The molecule has 0 fully saturated rings. The molecule has 3 amide bonds. The van der Waals surface area contributed by atoms with E-state index in [2.05, 4.69) is 36.6 Å². The normalized spacial score (nSPS) is 11.0. The lowest BCUT2D eigenvalue weighted by Gasteiger charge is -2.14. The van der Waals surface area contributed by atoms with Crippen LogP contribution in [0.3, 0.4) is 0 Å². The van der Waals surface area contributed by atoms with Crippen LogP contribution < -0.4 is 16.0 Å². The fourth-order valence-electron chi connectivity index (χ4n) is 3.05. The molecular formula is C22H16F3N7O2. The van der Waals surface area contributed by atoms with Crippen molar-refractivity contribution in [1.82, 2.24) is 20.6 Å². The number of alkyl halides is 3. The molecular weight excluding hydrogens is 451 g/mol. The van der Waals surface area contributed by atoms with E-state index in [1.807, 2.05) is 0 Å². The number of anilines is 3. The molecule has 0 radical (unpaired) electrons. The van der Waals surface area contributed by atoms with Gasteiger partial charge in [-0.15, -0.1) is 5.10 Å². The highest BCUT2D eigenvalue weighted by Crippen LogP contribution is 2.31. The molecule has 0 aliphatic carbocycles. The zero-order valence-electron chi connectivity index (χ0n) is 17.2. The summed E-state index contributed by atoms with van der Waals surface area (Å²) in [4.78, 5) is 24.9. The molecule has 172 valence electrons. The van der Waals surface area contributed by atoms with Gasteiger partial charge in [-0.1, -0.05) is 24.3 Å². The third-order valence-electron chi connectivity index (χ3n) is 4.61. The molecule has 4 rings (SSSR count). The number of amides is 3. The zero-order valence-corrected chi connectivity index (χ0v) is 17.2. The molecule has 0 spiro atoms. The molecule has 4 aromatic rings. The Bertz CT molecular complexity index is 1310. The van der Waals surface area contributed by atoms with E-state index >= 15 is 0 Å². The number of halogens is 3. The highest BCUT2D eigenvalue weighted by molar-refractivity contribution is 6.06. The van der Waals surface area contributed by atoms with Crippen molar-refractivity contribution in [3.63, 3.8) is 0 Å². The van der Waals surface area contributed by atoms with Crippen molar-refractivity contribution in [1.29, 1.82) is 0 Å². The number of aromatic nitrogens is 4. The van der Waals surface area contributed by atoms with E-state index in [0.717, 1.165) is 12.1 Å². The predicted octanol–water partition coefficient (Wildman–Crippen LogP) is 4.78. The summed E-state index contributed by atoms with van der Waals surface area (Å²) in [6, 6.07) is 16.6. The largest absolute Gasteiger partial charge is 0.416 e. The van der Waals surface area contributed by atoms with Crippen LogP contribution in [0.5, 0.6) is 0 Å². The lowest BCUT2D eigenvalue weighted by molar-refractivity contribution is -0.137. The average Bonchev–Trinajstić information content (AvgIpc) is 3.35. The smallest absolute Gasteiger partial charge is 0.322 e. The van der Waals surface area contributed by atoms with Crippen molar-refractivity contribution in [2.45, 2.75) is 6.18 Å². The van der Waals surface area contributed by atoms with E-state index in [1.165, 1.54) is 18.2 Å². The van der Waals surface area contributed by atoms with Gasteiger partial charge in [0, 0.05) is 22.5 Å². The number of hydrogen-bond donors (Lipinski definition) is 4. The Morgan fingerprint density at radius 2 is 1.59 bits per heavy atom. The van der Waals surface area contributed by atoms with Gasteiger partial charge in [0.1, 0.15) is 0 Å². The Hall–Kier alpha value is -4.74. The summed E-state index contributed by atoms with van der Waals surface area (Å²) in [6.45, 7) is 0. The number of tetrazole rings is 1. The van der Waals surface area contributed by atoms with Crippen LogP contribution in [-0.2, 0) is 6.18 Å². The van der Waals surface area contributed by atoms with Crippen molar-refractivity contribution in [3.05, 3.63) is 83.9 Å². The molecule has 0 aliphatic rings. The molecule has 0 aliphatic heterocycles. The summed E-state index contributed by atoms with van der Waals surface area (Å²) in [5.41, 5.74) is 0.520. The second-order valence-corrected chi connectivity index (χ2v) is 6.99. The summed E-state index contributed by atoms with van der Waals surface area (Å²) in [6.07, 6.45) is -4.54. The number of urea groups is 1. The van der Waals surface area contributed by atoms with Gasteiger partial charge in [-0.2, -0.15) is 13.2 Å². The Labute approximate surface area is 190 Å². The van der Waals surface area contributed by atoms with Crippen molar-refractivity contribution >= 4 is 29.0 Å². The van der Waals surface area contributed by atoms with Crippen molar-refractivity contribution in [3.8, 4) is 11.4 Å². The van der Waals surface area contributed by atoms with E-state index in [4.69, 9.17) is 0 Å². The van der Waals surface area contributed by atoms with Crippen molar-refractivity contribution in [2.75, 3.05) is 16.0 Å². The van der Waals surface area contributed by atoms with E-state index in [1.54, 1.807) is 42.5 Å². The van der Waals surface area contributed by atoms with Gasteiger partial charge in [0.15, 0.2) is 5.82 Å². The van der Waals surface area contributed by atoms with Crippen LogP contribution in [0.4, 0.5) is 35.0 Å². The molecule has 3 aromatic carbocycles. The van der Waals surface area contributed by atoms with Gasteiger partial charge in [0.2, 0.25) is 0 Å². The number of nitrogens with zero attached hydrogens (tertiary/aromatic N) is 3. The second kappa shape index (κ2) is 9.40. The summed E-state index contributed by atoms with van der Waals surface area (Å²) in [7, 11) is 0. The van der Waals surface area contributed by atoms with Gasteiger partial charge >= 0.3 is 12.2 Å². The summed E-state index contributed by atoms with van der Waals surface area (Å²) in [5.74, 6) is -0.143. The molecule has 0 saturated heterocycles. The number of carbonyl (C=O) groups excluding carboxylic acids is 2. The molecule has 0 bridgehead atoms. The third-order valence-corrected chi connectivity index (χ3v) is 4.61. The number of benzene rings is 3. The fourth-order valence-corrected chi connectivity index (χ4v) is 3.05. The molecule has 1 aromatic heterocycles. The minimum absolute atomic E-state index is 0.0399. The second-order valence-electron chi connectivity index (χ2n) is 6.99. The van der Waals surface area contributed by atoms with Crippen LogP contribution in [-0.4, -0.2) is 32.6 Å². The fraction of sp³-hybridized carbons (Fsp3) is 0.0455. The van der Waals surface area contributed by atoms with Crippen LogP contribution in [0.25, 0.3) is 11.4 Å². The molecule has 0 unspecified atom stereocenters. The maximum atomic E-state index is 12.9. The Kier molecular flexibility index (Phi) is 6.21. The Morgan fingerprint density at radius 1 is 0.824 bits per heavy atom. The summed E-state index contributed by atoms with van der Waals surface area (Å²) >= 11 is 0. The van der Waals surface area contributed by atoms with E-state index in [9.17, 15) is 22.8 Å². The van der Waals surface area contributed by atoms with Crippen molar-refractivity contribution in [2.24, 2.45) is 0 Å². The molecule has 9 nitrogen and oxygen atoms in total. The van der Waals surface area contributed by atoms with Gasteiger partial charge in [-0.25, -0.2) is 9.89 Å². The summed E-state index contributed by atoms with van der Waals surface area (Å²) < 4.78 is 38.8. The van der Waals surface area contributed by atoms with Gasteiger partial charge < -0.3 is 16.0 Å². The maximum Gasteiger partial charge on any atom is 0.416 e. The topological polar surface area (TPSA) is 125 Å². The third kappa shape index (κ3) is 5.35. The maximum absolute atomic E-state index is 12.9. The number of H-pyrrole nitrogens is 1. The first kappa shape index (κ1) is 22.5. The lowest BCUT2D eigenvalue weighted by Crippen LogP contribution is -2.20. The van der Waals surface area contributed by atoms with E-state index in [-0.39, 0.29) is 23.1 Å². The first-order valence-corrected chi connectivity index (χ1v) is 9.79. The van der Waals surface area contributed by atoms with Gasteiger partial charge in [0.25, 0.3) is 5.91 Å². The minimum Gasteiger partial charge on any atom is -0.322 e. The zero-order chi connectivity index (χ0) is 24.1. The number of carbonyl (C=O) groups is 2.